The second-order valence-electron chi connectivity index (χ2n) is 10.4. The number of ether oxygens (including phenoxy) is 2. The Balaban J connectivity index is 1.17. The Bertz CT molecular complexity index is 1820. The highest BCUT2D eigenvalue weighted by molar-refractivity contribution is 6.32. The van der Waals surface area contributed by atoms with E-state index in [-0.39, 0.29) is 36.2 Å². The smallest absolute Gasteiger partial charge is 0.316 e. The van der Waals surface area contributed by atoms with Crippen molar-refractivity contribution in [1.29, 1.82) is 5.26 Å². The van der Waals surface area contributed by atoms with Gasteiger partial charge in [-0.25, -0.2) is 24.9 Å². The van der Waals surface area contributed by atoms with Crippen LogP contribution in [0.1, 0.15) is 31.2 Å². The number of nitrogens with one attached hydrogen (secondary N) is 2. The molecule has 2 N–H and O–H groups in total. The first-order valence-corrected chi connectivity index (χ1v) is 14.8. The molecule has 1 aliphatic rings. The fourth-order valence-electron chi connectivity index (χ4n) is 5.21. The maximum atomic E-state index is 13.7. The number of carbonyl (C=O) groups excluding carboxylic acids is 1. The molecule has 232 valence electrons. The van der Waals surface area contributed by atoms with E-state index >= 15 is 0 Å². The molecule has 1 fully saturated rings. The average Bonchev–Trinajstić information content (AvgIpc) is 3.54. The molecule has 14 nitrogen and oxygen atoms in total. The van der Waals surface area contributed by atoms with Gasteiger partial charge in [-0.1, -0.05) is 29.8 Å². The molecule has 1 amide bonds. The Hall–Kier alpha value is -5.68. The average molecular weight is 638 g/mol. The topological polar surface area (TPSA) is 181 Å². The van der Waals surface area contributed by atoms with Crippen LogP contribution < -0.4 is 19.7 Å². The fourth-order valence-corrected chi connectivity index (χ4v) is 5.39. The number of methoxy groups -OCH3 is 1. The maximum absolute atomic E-state index is 13.7. The van der Waals surface area contributed by atoms with Crippen LogP contribution >= 0.6 is 11.6 Å². The molecule has 6 rings (SSSR count). The second-order valence-corrected chi connectivity index (χ2v) is 10.8. The molecular weight excluding hydrogens is 610 g/mol. The van der Waals surface area contributed by atoms with Crippen LogP contribution in [0.15, 0.2) is 67.5 Å². The van der Waals surface area contributed by atoms with Crippen molar-refractivity contribution in [1.82, 2.24) is 40.1 Å². The van der Waals surface area contributed by atoms with E-state index in [0.29, 0.717) is 58.0 Å². The molecule has 0 aliphatic heterocycles. The monoisotopic (exact) mass is 637 g/mol. The van der Waals surface area contributed by atoms with Crippen molar-refractivity contribution in [2.45, 2.75) is 37.8 Å². The van der Waals surface area contributed by atoms with Crippen LogP contribution in [0.3, 0.4) is 0 Å². The summed E-state index contributed by atoms with van der Waals surface area (Å²) in [6.45, 7) is -0.157. The quantitative estimate of drug-likeness (QED) is 0.219. The molecule has 0 bridgehead atoms. The first-order valence-electron chi connectivity index (χ1n) is 14.4. The van der Waals surface area contributed by atoms with Crippen molar-refractivity contribution in [3.63, 3.8) is 0 Å². The lowest BCUT2D eigenvalue weighted by Gasteiger charge is -2.36. The van der Waals surface area contributed by atoms with Gasteiger partial charge >= 0.3 is 6.01 Å². The van der Waals surface area contributed by atoms with Crippen molar-refractivity contribution >= 4 is 29.3 Å². The van der Waals surface area contributed by atoms with Crippen molar-refractivity contribution in [2.75, 3.05) is 23.9 Å². The van der Waals surface area contributed by atoms with Gasteiger partial charge < -0.3 is 14.8 Å². The van der Waals surface area contributed by atoms with Crippen LogP contribution in [0.5, 0.6) is 11.8 Å². The van der Waals surface area contributed by atoms with Crippen LogP contribution in [0.2, 0.25) is 5.02 Å². The molecule has 1 saturated carbocycles. The summed E-state index contributed by atoms with van der Waals surface area (Å²) in [5, 5.41) is 20.1. The van der Waals surface area contributed by atoms with E-state index in [1.54, 1.807) is 41.8 Å². The number of hydrogen-bond donors (Lipinski definition) is 2. The van der Waals surface area contributed by atoms with E-state index < -0.39 is 0 Å². The van der Waals surface area contributed by atoms with E-state index in [0.717, 1.165) is 12.8 Å². The standard InChI is InChI=1S/C31H28ClN11O3/c1-45-31-37-13-20(14-38-31)25-16-35-26(17-34-25)43(27(44)18-46-23-5-3-2-4-6-23)22-9-7-21(8-10-22)40-30-36-12-19(11-33)28(41-30)29-24(32)15-39-42-29/h2-6,12-17,21-22H,7-10,18H2,1H3,(H,39,42)(H,36,40,41). The Kier molecular flexibility index (Phi) is 9.21. The third-order valence-corrected chi connectivity index (χ3v) is 7.78. The number of halogens is 1. The minimum absolute atomic E-state index is 0.0349. The highest BCUT2D eigenvalue weighted by Gasteiger charge is 2.32. The summed E-state index contributed by atoms with van der Waals surface area (Å²) in [4.78, 5) is 41.6. The van der Waals surface area contributed by atoms with E-state index in [1.807, 2.05) is 18.2 Å². The highest BCUT2D eigenvalue weighted by Crippen LogP contribution is 2.30. The van der Waals surface area contributed by atoms with Gasteiger partial charge in [0.05, 0.1) is 42.0 Å². The zero-order chi connectivity index (χ0) is 31.9. The van der Waals surface area contributed by atoms with Crippen LogP contribution in [-0.4, -0.2) is 71.8 Å². The van der Waals surface area contributed by atoms with Gasteiger partial charge in [-0.05, 0) is 37.8 Å². The molecule has 0 atom stereocenters. The van der Waals surface area contributed by atoms with E-state index in [1.165, 1.54) is 19.5 Å². The number of carbonyl (C=O) groups is 1. The minimum Gasteiger partial charge on any atom is -0.484 e. The normalized spacial score (nSPS) is 15.8. The van der Waals surface area contributed by atoms with Crippen LogP contribution in [0.25, 0.3) is 22.6 Å². The zero-order valence-electron chi connectivity index (χ0n) is 24.7. The Morgan fingerprint density at radius 1 is 1.02 bits per heavy atom. The summed E-state index contributed by atoms with van der Waals surface area (Å²) in [6.07, 6.45) is 12.2. The lowest BCUT2D eigenvalue weighted by molar-refractivity contribution is -0.121. The Labute approximate surface area is 268 Å². The number of H-pyrrole nitrogens is 1. The van der Waals surface area contributed by atoms with Gasteiger partial charge in [0.25, 0.3) is 5.91 Å². The zero-order valence-corrected chi connectivity index (χ0v) is 25.4. The number of anilines is 2. The van der Waals surface area contributed by atoms with Gasteiger partial charge in [-0.3, -0.25) is 19.8 Å². The molecule has 4 aromatic heterocycles. The lowest BCUT2D eigenvalue weighted by atomic mass is 9.90. The Morgan fingerprint density at radius 3 is 2.46 bits per heavy atom. The van der Waals surface area contributed by atoms with Crippen molar-refractivity contribution in [2.24, 2.45) is 0 Å². The molecule has 0 saturated heterocycles. The molecule has 1 aliphatic carbocycles. The van der Waals surface area contributed by atoms with Gasteiger partial charge in [0, 0.05) is 36.2 Å². The third kappa shape index (κ3) is 6.84. The predicted octanol–water partition coefficient (Wildman–Crippen LogP) is 4.48. The number of nitrogens with zero attached hydrogens (tertiary/aromatic N) is 9. The summed E-state index contributed by atoms with van der Waals surface area (Å²) in [5.74, 6) is 1.16. The molecule has 1 aromatic carbocycles. The number of nitriles is 1. The largest absolute Gasteiger partial charge is 0.484 e. The van der Waals surface area contributed by atoms with Gasteiger partial charge in [0.15, 0.2) is 12.4 Å². The molecular formula is C31H28ClN11O3. The van der Waals surface area contributed by atoms with Crippen LogP contribution in [0, 0.1) is 11.3 Å². The van der Waals surface area contributed by atoms with Gasteiger partial charge in [-0.15, -0.1) is 0 Å². The molecule has 0 unspecified atom stereocenters. The summed E-state index contributed by atoms with van der Waals surface area (Å²) in [5.41, 5.74) is 2.22. The first-order chi connectivity index (χ1) is 22.5. The number of benzene rings is 1. The summed E-state index contributed by atoms with van der Waals surface area (Å²) < 4.78 is 10.8. The van der Waals surface area contributed by atoms with Crippen molar-refractivity contribution in [3.8, 4) is 40.5 Å². The molecule has 0 spiro atoms. The minimum atomic E-state index is -0.231. The van der Waals surface area contributed by atoms with Gasteiger partial charge in [0.1, 0.15) is 23.2 Å². The molecule has 15 heteroatoms. The van der Waals surface area contributed by atoms with E-state index in [9.17, 15) is 10.1 Å². The number of aromatic nitrogens is 8. The predicted molar refractivity (Wildman–Crippen MR) is 168 cm³/mol. The number of hydrogen-bond acceptors (Lipinski definition) is 12. The first kappa shape index (κ1) is 30.4. The lowest BCUT2D eigenvalue weighted by Crippen LogP contribution is -2.46. The number of para-hydroxylation sites is 1. The highest BCUT2D eigenvalue weighted by atomic mass is 35.5. The number of amides is 1. The van der Waals surface area contributed by atoms with E-state index in [4.69, 9.17) is 21.1 Å². The maximum Gasteiger partial charge on any atom is 0.316 e. The molecule has 4 heterocycles. The second kappa shape index (κ2) is 14.0. The van der Waals surface area contributed by atoms with Gasteiger partial charge in [0.2, 0.25) is 5.95 Å². The summed E-state index contributed by atoms with van der Waals surface area (Å²) >= 11 is 6.23. The third-order valence-electron chi connectivity index (χ3n) is 7.49. The molecule has 46 heavy (non-hydrogen) atoms. The fraction of sp³-hybridized carbons (Fsp3) is 0.258. The summed E-state index contributed by atoms with van der Waals surface area (Å²) in [7, 11) is 1.50. The van der Waals surface area contributed by atoms with Crippen molar-refractivity contribution < 1.29 is 14.3 Å². The SMILES string of the molecule is COc1ncc(-c2cnc(N(C(=O)COc3ccccc3)C3CCC(Nc4ncc(C#N)c(-c5n[nH]cc5Cl)n4)CC3)cn2)cn1. The Morgan fingerprint density at radius 2 is 1.80 bits per heavy atom. The van der Waals surface area contributed by atoms with Crippen molar-refractivity contribution in [3.05, 3.63) is 78.1 Å². The summed E-state index contributed by atoms with van der Waals surface area (Å²) in [6, 6.07) is 11.4. The van der Waals surface area contributed by atoms with E-state index in [2.05, 4.69) is 51.5 Å². The van der Waals surface area contributed by atoms with Crippen LogP contribution in [-0.2, 0) is 4.79 Å². The van der Waals surface area contributed by atoms with Gasteiger partial charge in [-0.2, -0.15) is 10.4 Å². The molecule has 0 radical (unpaired) electrons. The van der Waals surface area contributed by atoms with Crippen LogP contribution in [0.4, 0.5) is 11.8 Å². The number of aromatic amines is 1. The number of rotatable bonds is 10. The molecule has 5 aromatic rings.